The smallest absolute Gasteiger partial charge is 0.279 e. The van der Waals surface area contributed by atoms with Crippen LogP contribution >= 0.6 is 0 Å². The molecule has 0 saturated heterocycles. The van der Waals surface area contributed by atoms with E-state index in [4.69, 9.17) is 0 Å². The van der Waals surface area contributed by atoms with Gasteiger partial charge in [0.25, 0.3) is 17.5 Å². The number of hydrogen-bond donors (Lipinski definition) is 2. The Bertz CT molecular complexity index is 1520. The Morgan fingerprint density at radius 2 is 1.69 bits per heavy atom. The van der Waals surface area contributed by atoms with Crippen LogP contribution in [0, 0.1) is 10.1 Å². The van der Waals surface area contributed by atoms with Crippen LogP contribution < -0.4 is 5.32 Å². The fourth-order valence-electron chi connectivity index (χ4n) is 4.90. The highest BCUT2D eigenvalue weighted by atomic mass is 16.6. The molecule has 35 heavy (non-hydrogen) atoms. The van der Waals surface area contributed by atoms with E-state index in [1.54, 1.807) is 18.5 Å². The third-order valence-corrected chi connectivity index (χ3v) is 6.69. The summed E-state index contributed by atoms with van der Waals surface area (Å²) < 4.78 is 1.94. The first kappa shape index (κ1) is 22.5. The van der Waals surface area contributed by atoms with Crippen LogP contribution in [0.15, 0.2) is 54.9 Å². The Hall–Kier alpha value is -4.24. The first-order chi connectivity index (χ1) is 16.9. The molecule has 0 unspecified atom stereocenters. The van der Waals surface area contributed by atoms with Gasteiger partial charge in [0.2, 0.25) is 0 Å². The molecule has 1 aliphatic rings. The number of carbonyl (C=O) groups is 2. The highest BCUT2D eigenvalue weighted by Crippen LogP contribution is 2.41. The average Bonchev–Trinajstić information content (AvgIpc) is 3.52. The van der Waals surface area contributed by atoms with Crippen LogP contribution in [0.4, 0.5) is 5.69 Å². The minimum atomic E-state index is -0.559. The molecule has 0 saturated carbocycles. The molecule has 5 rings (SSSR count). The molecule has 3 heterocycles. The van der Waals surface area contributed by atoms with Gasteiger partial charge >= 0.3 is 0 Å². The Kier molecular flexibility index (Phi) is 5.70. The van der Waals surface area contributed by atoms with E-state index in [1.165, 1.54) is 6.07 Å². The highest BCUT2D eigenvalue weighted by Gasteiger charge is 2.36. The number of fused-ring (bicyclic) bond motifs is 2. The van der Waals surface area contributed by atoms with E-state index in [1.807, 2.05) is 34.9 Å². The second-order valence-corrected chi connectivity index (χ2v) is 8.47. The van der Waals surface area contributed by atoms with Gasteiger partial charge < -0.3 is 14.5 Å². The van der Waals surface area contributed by atoms with Gasteiger partial charge in [-0.05, 0) is 25.2 Å². The molecule has 0 bridgehead atoms. The average molecular weight is 472 g/mol. The summed E-state index contributed by atoms with van der Waals surface area (Å²) in [5.41, 5.74) is 2.72. The van der Waals surface area contributed by atoms with Crippen molar-refractivity contribution in [3.63, 3.8) is 0 Å². The number of aromatic nitrogens is 2. The molecule has 0 spiro atoms. The van der Waals surface area contributed by atoms with Crippen LogP contribution in [0.5, 0.6) is 0 Å². The fourth-order valence-corrected chi connectivity index (χ4v) is 4.90. The number of likely N-dealkylation sites (N-methyl/N-ethyl adjacent to an activating group) is 1. The summed E-state index contributed by atoms with van der Waals surface area (Å²) in [5, 5.41) is 15.5. The summed E-state index contributed by atoms with van der Waals surface area (Å²) in [7, 11) is 0. The number of nitro benzene ring substituents is 1. The lowest BCUT2D eigenvalue weighted by Gasteiger charge is -2.18. The highest BCUT2D eigenvalue weighted by molar-refractivity contribution is 6.51. The summed E-state index contributed by atoms with van der Waals surface area (Å²) in [6, 6.07) is 12.4. The van der Waals surface area contributed by atoms with Gasteiger partial charge in [0, 0.05) is 53.6 Å². The van der Waals surface area contributed by atoms with Gasteiger partial charge in [0.05, 0.1) is 27.0 Å². The van der Waals surface area contributed by atoms with Gasteiger partial charge in [-0.3, -0.25) is 25.0 Å². The minimum Gasteiger partial charge on any atom is -0.361 e. The number of rotatable bonds is 8. The van der Waals surface area contributed by atoms with Crippen LogP contribution in [0.2, 0.25) is 0 Å². The number of hydrogen-bond acceptors (Lipinski definition) is 5. The molecule has 0 atom stereocenters. The normalized spacial score (nSPS) is 14.0. The molecule has 2 aromatic heterocycles. The van der Waals surface area contributed by atoms with Gasteiger partial charge in [0.15, 0.2) is 0 Å². The second kappa shape index (κ2) is 8.84. The zero-order valence-corrected chi connectivity index (χ0v) is 19.5. The first-order valence-electron chi connectivity index (χ1n) is 11.6. The second-order valence-electron chi connectivity index (χ2n) is 8.47. The molecule has 2 aromatic carbocycles. The number of H-pyrrole nitrogens is 1. The van der Waals surface area contributed by atoms with Gasteiger partial charge in [-0.2, -0.15) is 0 Å². The summed E-state index contributed by atoms with van der Waals surface area (Å²) in [6.07, 6.45) is 3.47. The molecular weight excluding hydrogens is 446 g/mol. The van der Waals surface area contributed by atoms with E-state index in [0.29, 0.717) is 28.6 Å². The van der Waals surface area contributed by atoms with Crippen molar-refractivity contribution in [1.29, 1.82) is 0 Å². The topological polar surface area (TPSA) is 113 Å². The number of aromatic amines is 1. The predicted octanol–water partition coefficient (Wildman–Crippen LogP) is 3.94. The van der Waals surface area contributed by atoms with E-state index >= 15 is 0 Å². The largest absolute Gasteiger partial charge is 0.361 e. The van der Waals surface area contributed by atoms with E-state index in [2.05, 4.69) is 29.0 Å². The van der Waals surface area contributed by atoms with Crippen LogP contribution in [0.1, 0.15) is 25.0 Å². The van der Waals surface area contributed by atoms with Crippen LogP contribution in [0.25, 0.3) is 33.0 Å². The van der Waals surface area contributed by atoms with Gasteiger partial charge in [-0.25, -0.2) is 0 Å². The Labute approximate surface area is 201 Å². The Morgan fingerprint density at radius 1 is 0.971 bits per heavy atom. The lowest BCUT2D eigenvalue weighted by molar-refractivity contribution is -0.383. The lowest BCUT2D eigenvalue weighted by Crippen LogP contribution is -2.26. The standard InChI is InChI=1S/C26H25N5O4/c1-3-29(4-2)12-13-30-15-18(22-20(30)10-7-11-21(22)31(34)35)24-23(25(32)28-26(24)33)17-14-27-19-9-6-5-8-16(17)19/h5-11,14-15,27H,3-4,12-13H2,1-2H3,(H,28,32,33). The number of carbonyl (C=O) groups excluding carboxylic acids is 2. The predicted molar refractivity (Wildman–Crippen MR) is 135 cm³/mol. The molecule has 0 fully saturated rings. The molecule has 1 aliphatic heterocycles. The SMILES string of the molecule is CCN(CC)CCn1cc(C2=C(c3c[nH]c4ccccc34)C(=O)NC2=O)c2c([N+](=O)[O-])cccc21. The van der Waals surface area contributed by atoms with Crippen molar-refractivity contribution in [3.05, 3.63) is 76.1 Å². The van der Waals surface area contributed by atoms with Crippen molar-refractivity contribution in [2.24, 2.45) is 0 Å². The zero-order valence-electron chi connectivity index (χ0n) is 19.5. The number of amides is 2. The molecule has 9 nitrogen and oxygen atoms in total. The van der Waals surface area contributed by atoms with Crippen molar-refractivity contribution >= 4 is 50.5 Å². The monoisotopic (exact) mass is 471 g/mol. The molecular formula is C26H25N5O4. The Morgan fingerprint density at radius 3 is 2.40 bits per heavy atom. The maximum atomic E-state index is 13.1. The molecule has 0 aliphatic carbocycles. The summed E-state index contributed by atoms with van der Waals surface area (Å²) >= 11 is 0. The lowest BCUT2D eigenvalue weighted by atomic mass is 9.95. The molecule has 2 N–H and O–H groups in total. The van der Waals surface area contributed by atoms with Crippen molar-refractivity contribution in [3.8, 4) is 0 Å². The van der Waals surface area contributed by atoms with E-state index in [0.717, 1.165) is 30.5 Å². The number of para-hydroxylation sites is 1. The first-order valence-corrected chi connectivity index (χ1v) is 11.6. The number of nitrogens with one attached hydrogen (secondary N) is 2. The van der Waals surface area contributed by atoms with E-state index in [-0.39, 0.29) is 16.8 Å². The number of nitrogens with zero attached hydrogens (tertiary/aromatic N) is 3. The van der Waals surface area contributed by atoms with Crippen LogP contribution in [-0.2, 0) is 16.1 Å². The third kappa shape index (κ3) is 3.70. The van der Waals surface area contributed by atoms with E-state index in [9.17, 15) is 19.7 Å². The van der Waals surface area contributed by atoms with Crippen molar-refractivity contribution < 1.29 is 14.5 Å². The number of imide groups is 1. The molecule has 2 amide bonds. The van der Waals surface area contributed by atoms with Crippen molar-refractivity contribution in [1.82, 2.24) is 19.8 Å². The van der Waals surface area contributed by atoms with Gasteiger partial charge in [0.1, 0.15) is 0 Å². The maximum Gasteiger partial charge on any atom is 0.279 e. The minimum absolute atomic E-state index is 0.1000. The maximum absolute atomic E-state index is 13.1. The van der Waals surface area contributed by atoms with E-state index < -0.39 is 16.7 Å². The summed E-state index contributed by atoms with van der Waals surface area (Å²) in [5.74, 6) is -1.08. The van der Waals surface area contributed by atoms with Crippen molar-refractivity contribution in [2.75, 3.05) is 19.6 Å². The number of non-ortho nitro benzene ring substituents is 1. The van der Waals surface area contributed by atoms with Gasteiger partial charge in [-0.15, -0.1) is 0 Å². The summed E-state index contributed by atoms with van der Waals surface area (Å²) in [4.78, 5) is 43.1. The quantitative estimate of drug-likeness (QED) is 0.230. The number of benzene rings is 2. The molecule has 4 aromatic rings. The van der Waals surface area contributed by atoms with Crippen LogP contribution in [0.3, 0.4) is 0 Å². The summed E-state index contributed by atoms with van der Waals surface area (Å²) in [6.45, 7) is 7.27. The van der Waals surface area contributed by atoms with Gasteiger partial charge in [-0.1, -0.05) is 38.1 Å². The molecule has 178 valence electrons. The molecule has 9 heteroatoms. The molecule has 0 radical (unpaired) electrons. The van der Waals surface area contributed by atoms with Crippen molar-refractivity contribution in [2.45, 2.75) is 20.4 Å². The Balaban J connectivity index is 1.78. The number of nitro groups is 1. The zero-order chi connectivity index (χ0) is 24.7. The third-order valence-electron chi connectivity index (χ3n) is 6.69. The van der Waals surface area contributed by atoms with Crippen LogP contribution in [-0.4, -0.2) is 50.8 Å². The fraction of sp³-hybridized carbons (Fsp3) is 0.231.